The molecule has 4 nitrogen and oxygen atoms in total. The lowest BCUT2D eigenvalue weighted by Gasteiger charge is -2.37. The summed E-state index contributed by atoms with van der Waals surface area (Å²) < 4.78 is 5.44. The van der Waals surface area contributed by atoms with Crippen molar-refractivity contribution in [3.05, 3.63) is 0 Å². The number of likely N-dealkylation sites (N-methyl/N-ethyl adjacent to an activating group) is 1. The first kappa shape index (κ1) is 20.3. The molecule has 0 heterocycles. The summed E-state index contributed by atoms with van der Waals surface area (Å²) in [4.78, 5) is 13.9. The molecule has 0 atom stereocenters. The summed E-state index contributed by atoms with van der Waals surface area (Å²) in [7, 11) is 0. The SMILES string of the molecule is CCN(CCNC1CCC(C(C)(C)C)CC1)C(=O)OC(C)(C)C. The van der Waals surface area contributed by atoms with Gasteiger partial charge < -0.3 is 15.0 Å². The van der Waals surface area contributed by atoms with Crippen LogP contribution >= 0.6 is 0 Å². The summed E-state index contributed by atoms with van der Waals surface area (Å²) in [5.74, 6) is 0.842. The third-order valence-corrected chi connectivity index (χ3v) is 4.80. The summed E-state index contributed by atoms with van der Waals surface area (Å²) in [6.45, 7) is 17.0. The van der Waals surface area contributed by atoms with Gasteiger partial charge in [-0.25, -0.2) is 4.79 Å². The number of nitrogens with one attached hydrogen (secondary N) is 1. The minimum Gasteiger partial charge on any atom is -0.444 e. The van der Waals surface area contributed by atoms with E-state index < -0.39 is 5.60 Å². The van der Waals surface area contributed by atoms with Crippen molar-refractivity contribution in [1.29, 1.82) is 0 Å². The number of nitrogens with zero attached hydrogens (tertiary/aromatic N) is 1. The fourth-order valence-corrected chi connectivity index (χ4v) is 3.27. The van der Waals surface area contributed by atoms with Gasteiger partial charge in [0.1, 0.15) is 5.60 Å². The molecule has 1 N–H and O–H groups in total. The Morgan fingerprint density at radius 3 is 2.09 bits per heavy atom. The molecule has 0 aromatic heterocycles. The summed E-state index contributed by atoms with van der Waals surface area (Å²) in [6, 6.07) is 0.603. The van der Waals surface area contributed by atoms with Crippen molar-refractivity contribution in [3.63, 3.8) is 0 Å². The molecule has 0 radical (unpaired) electrons. The average molecular weight is 327 g/mol. The van der Waals surface area contributed by atoms with E-state index in [0.29, 0.717) is 24.5 Å². The van der Waals surface area contributed by atoms with Crippen LogP contribution < -0.4 is 5.32 Å². The quantitative estimate of drug-likeness (QED) is 0.812. The van der Waals surface area contributed by atoms with Gasteiger partial charge in [0, 0.05) is 25.7 Å². The molecule has 1 rings (SSSR count). The molecule has 136 valence electrons. The smallest absolute Gasteiger partial charge is 0.410 e. The zero-order valence-corrected chi connectivity index (χ0v) is 16.4. The molecule has 0 saturated heterocycles. The van der Waals surface area contributed by atoms with E-state index in [-0.39, 0.29) is 6.09 Å². The number of hydrogen-bond donors (Lipinski definition) is 1. The molecule has 1 amide bonds. The maximum absolute atomic E-state index is 12.1. The predicted molar refractivity (Wildman–Crippen MR) is 96.7 cm³/mol. The number of hydrogen-bond acceptors (Lipinski definition) is 3. The van der Waals surface area contributed by atoms with E-state index in [1.807, 2.05) is 27.7 Å². The molecule has 1 aliphatic carbocycles. The molecule has 0 aromatic carbocycles. The largest absolute Gasteiger partial charge is 0.444 e. The summed E-state index contributed by atoms with van der Waals surface area (Å²) in [6.07, 6.45) is 4.91. The van der Waals surface area contributed by atoms with Gasteiger partial charge in [0.25, 0.3) is 0 Å². The third kappa shape index (κ3) is 7.56. The molecule has 23 heavy (non-hydrogen) atoms. The zero-order valence-electron chi connectivity index (χ0n) is 16.4. The minimum absolute atomic E-state index is 0.210. The van der Waals surface area contributed by atoms with E-state index in [4.69, 9.17) is 4.74 Å². The van der Waals surface area contributed by atoms with E-state index >= 15 is 0 Å². The van der Waals surface area contributed by atoms with Crippen LogP contribution in [-0.4, -0.2) is 42.3 Å². The van der Waals surface area contributed by atoms with Gasteiger partial charge in [0.2, 0.25) is 0 Å². The maximum Gasteiger partial charge on any atom is 0.410 e. The Kier molecular flexibility index (Phi) is 7.37. The van der Waals surface area contributed by atoms with Crippen LogP contribution in [0.4, 0.5) is 4.79 Å². The molecular weight excluding hydrogens is 288 g/mol. The fourth-order valence-electron chi connectivity index (χ4n) is 3.27. The third-order valence-electron chi connectivity index (χ3n) is 4.80. The molecule has 0 spiro atoms. The van der Waals surface area contributed by atoms with Gasteiger partial charge in [-0.15, -0.1) is 0 Å². The Morgan fingerprint density at radius 2 is 1.65 bits per heavy atom. The van der Waals surface area contributed by atoms with Gasteiger partial charge in [-0.05, 0) is 64.7 Å². The van der Waals surface area contributed by atoms with Crippen LogP contribution in [0, 0.1) is 11.3 Å². The fraction of sp³-hybridized carbons (Fsp3) is 0.947. The van der Waals surface area contributed by atoms with Crippen molar-refractivity contribution < 1.29 is 9.53 Å². The van der Waals surface area contributed by atoms with Crippen LogP contribution in [-0.2, 0) is 4.74 Å². The van der Waals surface area contributed by atoms with Crippen molar-refractivity contribution in [3.8, 4) is 0 Å². The van der Waals surface area contributed by atoms with Gasteiger partial charge in [0.15, 0.2) is 0 Å². The Balaban J connectivity index is 2.29. The first-order valence-electron chi connectivity index (χ1n) is 9.24. The molecule has 1 fully saturated rings. The first-order valence-corrected chi connectivity index (χ1v) is 9.24. The highest BCUT2D eigenvalue weighted by Crippen LogP contribution is 2.37. The average Bonchev–Trinajstić information content (AvgIpc) is 2.41. The summed E-state index contributed by atoms with van der Waals surface area (Å²) in [5, 5.41) is 3.63. The van der Waals surface area contributed by atoms with Crippen molar-refractivity contribution in [2.24, 2.45) is 11.3 Å². The van der Waals surface area contributed by atoms with Crippen LogP contribution in [0.2, 0.25) is 0 Å². The summed E-state index contributed by atoms with van der Waals surface area (Å²) in [5.41, 5.74) is 0.00393. The van der Waals surface area contributed by atoms with Crippen LogP contribution in [0.25, 0.3) is 0 Å². The second-order valence-electron chi connectivity index (χ2n) is 8.93. The molecule has 0 aliphatic heterocycles. The standard InChI is InChI=1S/C19H38N2O2/c1-8-21(17(22)23-19(5,6)7)14-13-20-16-11-9-15(10-12-16)18(2,3)4/h15-16,20H,8-14H2,1-7H3. The van der Waals surface area contributed by atoms with Crippen LogP contribution in [0.1, 0.15) is 74.1 Å². The Hall–Kier alpha value is -0.770. The van der Waals surface area contributed by atoms with Crippen LogP contribution in [0.3, 0.4) is 0 Å². The van der Waals surface area contributed by atoms with E-state index in [9.17, 15) is 4.79 Å². The van der Waals surface area contributed by atoms with Crippen molar-refractivity contribution >= 4 is 6.09 Å². The normalized spacial score (nSPS) is 22.7. The lowest BCUT2D eigenvalue weighted by atomic mass is 9.71. The molecular formula is C19H38N2O2. The van der Waals surface area contributed by atoms with Gasteiger partial charge in [-0.2, -0.15) is 0 Å². The highest BCUT2D eigenvalue weighted by molar-refractivity contribution is 5.68. The van der Waals surface area contributed by atoms with E-state index in [2.05, 4.69) is 26.1 Å². The number of amides is 1. The van der Waals surface area contributed by atoms with Gasteiger partial charge >= 0.3 is 6.09 Å². The molecule has 4 heteroatoms. The maximum atomic E-state index is 12.1. The lowest BCUT2D eigenvalue weighted by Crippen LogP contribution is -2.43. The van der Waals surface area contributed by atoms with Gasteiger partial charge in [-0.3, -0.25) is 0 Å². The highest BCUT2D eigenvalue weighted by Gasteiger charge is 2.29. The number of ether oxygens (including phenoxy) is 1. The topological polar surface area (TPSA) is 41.6 Å². The lowest BCUT2D eigenvalue weighted by molar-refractivity contribution is 0.0259. The van der Waals surface area contributed by atoms with E-state index in [1.54, 1.807) is 4.90 Å². The molecule has 0 aromatic rings. The van der Waals surface area contributed by atoms with Crippen molar-refractivity contribution in [2.45, 2.75) is 85.8 Å². The highest BCUT2D eigenvalue weighted by atomic mass is 16.6. The molecule has 1 aliphatic rings. The van der Waals surface area contributed by atoms with Crippen LogP contribution in [0.5, 0.6) is 0 Å². The van der Waals surface area contributed by atoms with E-state index in [0.717, 1.165) is 12.5 Å². The van der Waals surface area contributed by atoms with Crippen molar-refractivity contribution in [1.82, 2.24) is 10.2 Å². The number of rotatable bonds is 5. The molecule has 0 bridgehead atoms. The molecule has 1 saturated carbocycles. The van der Waals surface area contributed by atoms with Gasteiger partial charge in [0.05, 0.1) is 0 Å². The predicted octanol–water partition coefficient (Wildman–Crippen LogP) is 4.44. The van der Waals surface area contributed by atoms with Crippen molar-refractivity contribution in [2.75, 3.05) is 19.6 Å². The Morgan fingerprint density at radius 1 is 1.09 bits per heavy atom. The van der Waals surface area contributed by atoms with Gasteiger partial charge in [-0.1, -0.05) is 20.8 Å². The zero-order chi connectivity index (χ0) is 17.7. The second kappa shape index (κ2) is 8.36. The monoisotopic (exact) mass is 326 g/mol. The molecule has 0 unspecified atom stereocenters. The second-order valence-corrected chi connectivity index (χ2v) is 8.93. The van der Waals surface area contributed by atoms with E-state index in [1.165, 1.54) is 25.7 Å². The minimum atomic E-state index is -0.427. The Bertz CT molecular complexity index is 361. The summed E-state index contributed by atoms with van der Waals surface area (Å²) >= 11 is 0. The first-order chi connectivity index (χ1) is 10.5. The number of carbonyl (C=O) groups excluding carboxylic acids is 1. The Labute approximate surface area is 143 Å². The number of carbonyl (C=O) groups is 1. The van der Waals surface area contributed by atoms with Crippen LogP contribution in [0.15, 0.2) is 0 Å².